The summed E-state index contributed by atoms with van der Waals surface area (Å²) in [6.07, 6.45) is 0. The second-order valence-electron chi connectivity index (χ2n) is 4.30. The minimum absolute atomic E-state index is 0.0687. The van der Waals surface area contributed by atoms with Crippen LogP contribution in [0.4, 0.5) is 0 Å². The van der Waals surface area contributed by atoms with Crippen LogP contribution in [-0.4, -0.2) is 26.9 Å². The van der Waals surface area contributed by atoms with Gasteiger partial charge in [-0.15, -0.1) is 0 Å². The van der Waals surface area contributed by atoms with Crippen LogP contribution in [0.15, 0.2) is 23.1 Å². The maximum atomic E-state index is 12.0. The molecule has 0 radical (unpaired) electrons. The Morgan fingerprint density at radius 3 is 2.60 bits per heavy atom. The normalized spacial score (nSPS) is 11.2. The average Bonchev–Trinajstić information content (AvgIpc) is 2.35. The number of amides is 1. The van der Waals surface area contributed by atoms with E-state index in [0.717, 1.165) is 0 Å². The summed E-state index contributed by atoms with van der Waals surface area (Å²) in [4.78, 5) is 11.2. The van der Waals surface area contributed by atoms with Crippen molar-refractivity contribution in [1.29, 1.82) is 5.26 Å². The van der Waals surface area contributed by atoms with Gasteiger partial charge in [-0.3, -0.25) is 4.79 Å². The largest absolute Gasteiger partial charge is 0.353 e. The van der Waals surface area contributed by atoms with Gasteiger partial charge in [-0.05, 0) is 32.0 Å². The topological polar surface area (TPSA) is 99.1 Å². The van der Waals surface area contributed by atoms with Crippen molar-refractivity contribution in [2.24, 2.45) is 0 Å². The van der Waals surface area contributed by atoms with E-state index >= 15 is 0 Å². The molecule has 8 heteroatoms. The van der Waals surface area contributed by atoms with Crippen LogP contribution < -0.4 is 10.0 Å². The Morgan fingerprint density at radius 1 is 1.45 bits per heavy atom. The Morgan fingerprint density at radius 2 is 2.10 bits per heavy atom. The molecule has 1 aromatic rings. The molecule has 0 aromatic heterocycles. The number of sulfonamides is 1. The lowest BCUT2D eigenvalue weighted by molar-refractivity contribution is -0.120. The summed E-state index contributed by atoms with van der Waals surface area (Å²) in [5.74, 6) is -0.437. The third-order valence-electron chi connectivity index (χ3n) is 2.22. The predicted octanol–water partition coefficient (Wildman–Crippen LogP) is 1.01. The minimum Gasteiger partial charge on any atom is -0.353 e. The highest BCUT2D eigenvalue weighted by molar-refractivity contribution is 7.89. The van der Waals surface area contributed by atoms with Crippen LogP contribution in [0.1, 0.15) is 19.4 Å². The lowest BCUT2D eigenvalue weighted by Gasteiger charge is -2.10. The van der Waals surface area contributed by atoms with Gasteiger partial charge >= 0.3 is 0 Å². The Kier molecular flexibility index (Phi) is 5.51. The second kappa shape index (κ2) is 6.70. The maximum Gasteiger partial charge on any atom is 0.242 e. The maximum absolute atomic E-state index is 12.0. The molecule has 0 saturated carbocycles. The smallest absolute Gasteiger partial charge is 0.242 e. The fraction of sp³-hybridized carbons (Fsp3) is 0.333. The van der Waals surface area contributed by atoms with Gasteiger partial charge in [0.15, 0.2) is 0 Å². The fourth-order valence-electron chi connectivity index (χ4n) is 1.40. The number of benzene rings is 1. The molecule has 0 spiro atoms. The van der Waals surface area contributed by atoms with E-state index in [1.54, 1.807) is 13.8 Å². The van der Waals surface area contributed by atoms with E-state index in [1.807, 2.05) is 6.07 Å². The minimum atomic E-state index is -3.90. The van der Waals surface area contributed by atoms with E-state index < -0.39 is 15.9 Å². The van der Waals surface area contributed by atoms with Gasteiger partial charge in [-0.2, -0.15) is 5.26 Å². The molecule has 0 aliphatic rings. The highest BCUT2D eigenvalue weighted by atomic mass is 35.5. The van der Waals surface area contributed by atoms with Crippen LogP contribution in [0.2, 0.25) is 5.02 Å². The first-order valence-electron chi connectivity index (χ1n) is 5.75. The summed E-state index contributed by atoms with van der Waals surface area (Å²) in [5, 5.41) is 11.2. The van der Waals surface area contributed by atoms with Gasteiger partial charge in [-0.1, -0.05) is 11.6 Å². The van der Waals surface area contributed by atoms with Crippen molar-refractivity contribution in [2.45, 2.75) is 24.8 Å². The van der Waals surface area contributed by atoms with E-state index in [2.05, 4.69) is 10.0 Å². The first kappa shape index (κ1) is 16.4. The van der Waals surface area contributed by atoms with Crippen LogP contribution in [0.25, 0.3) is 0 Å². The molecule has 0 heterocycles. The van der Waals surface area contributed by atoms with E-state index in [4.69, 9.17) is 16.9 Å². The van der Waals surface area contributed by atoms with Crippen LogP contribution in [0.5, 0.6) is 0 Å². The standard InChI is InChI=1S/C12H14ClN3O3S/c1-8(2)16-12(17)7-15-20(18,19)11-4-3-9(6-14)5-10(11)13/h3-5,8,15H,7H2,1-2H3,(H,16,17). The van der Waals surface area contributed by atoms with Gasteiger partial charge in [0.25, 0.3) is 0 Å². The van der Waals surface area contributed by atoms with E-state index in [1.165, 1.54) is 18.2 Å². The van der Waals surface area contributed by atoms with Crippen LogP contribution >= 0.6 is 11.6 Å². The number of hydrogen-bond acceptors (Lipinski definition) is 4. The summed E-state index contributed by atoms with van der Waals surface area (Å²) >= 11 is 5.82. The number of hydrogen-bond donors (Lipinski definition) is 2. The Bertz CT molecular complexity index is 650. The van der Waals surface area contributed by atoms with Gasteiger partial charge < -0.3 is 5.32 Å². The van der Waals surface area contributed by atoms with Gasteiger partial charge in [0.05, 0.1) is 23.2 Å². The number of carbonyl (C=O) groups excluding carboxylic acids is 1. The summed E-state index contributed by atoms with van der Waals surface area (Å²) in [6, 6.07) is 5.60. The van der Waals surface area contributed by atoms with Crippen molar-refractivity contribution in [1.82, 2.24) is 10.0 Å². The lowest BCUT2D eigenvalue weighted by atomic mass is 10.2. The molecule has 0 unspecified atom stereocenters. The monoisotopic (exact) mass is 315 g/mol. The van der Waals surface area contributed by atoms with Crippen molar-refractivity contribution in [2.75, 3.05) is 6.54 Å². The number of nitrogens with zero attached hydrogens (tertiary/aromatic N) is 1. The van der Waals surface area contributed by atoms with Crippen LogP contribution in [-0.2, 0) is 14.8 Å². The third kappa shape index (κ3) is 4.49. The Hall–Kier alpha value is -1.62. The fourth-order valence-corrected chi connectivity index (χ4v) is 2.92. The van der Waals surface area contributed by atoms with Crippen molar-refractivity contribution in [3.05, 3.63) is 28.8 Å². The van der Waals surface area contributed by atoms with Crippen LogP contribution in [0.3, 0.4) is 0 Å². The van der Waals surface area contributed by atoms with Crippen molar-refractivity contribution >= 4 is 27.5 Å². The van der Waals surface area contributed by atoms with Gasteiger partial charge in [-0.25, -0.2) is 13.1 Å². The molecule has 0 atom stereocenters. The molecule has 1 amide bonds. The van der Waals surface area contributed by atoms with Crippen molar-refractivity contribution in [3.8, 4) is 6.07 Å². The molecular weight excluding hydrogens is 302 g/mol. The molecule has 0 aliphatic heterocycles. The quantitative estimate of drug-likeness (QED) is 0.847. The summed E-state index contributed by atoms with van der Waals surface area (Å²) < 4.78 is 26.1. The zero-order valence-electron chi connectivity index (χ0n) is 11.0. The van der Waals surface area contributed by atoms with Gasteiger partial charge in [0.2, 0.25) is 15.9 Å². The first-order chi connectivity index (χ1) is 9.26. The Labute approximate surface area is 122 Å². The molecule has 1 rings (SSSR count). The molecule has 0 bridgehead atoms. The number of nitriles is 1. The number of halogens is 1. The molecule has 0 fully saturated rings. The summed E-state index contributed by atoms with van der Waals surface area (Å²) in [7, 11) is -3.90. The Balaban J connectivity index is 2.85. The molecule has 20 heavy (non-hydrogen) atoms. The molecule has 108 valence electrons. The van der Waals surface area contributed by atoms with E-state index in [0.29, 0.717) is 0 Å². The van der Waals surface area contributed by atoms with Crippen LogP contribution in [0, 0.1) is 11.3 Å². The average molecular weight is 316 g/mol. The molecule has 1 aromatic carbocycles. The lowest BCUT2D eigenvalue weighted by Crippen LogP contribution is -2.39. The third-order valence-corrected chi connectivity index (χ3v) is 4.11. The molecule has 6 nitrogen and oxygen atoms in total. The zero-order chi connectivity index (χ0) is 15.3. The summed E-state index contributed by atoms with van der Waals surface area (Å²) in [6.45, 7) is 3.16. The molecule has 0 aliphatic carbocycles. The highest BCUT2D eigenvalue weighted by Crippen LogP contribution is 2.22. The second-order valence-corrected chi connectivity index (χ2v) is 6.45. The summed E-state index contributed by atoms with van der Waals surface area (Å²) in [5.41, 5.74) is 0.256. The van der Waals surface area contributed by atoms with Gasteiger partial charge in [0.1, 0.15) is 4.90 Å². The molecule has 2 N–H and O–H groups in total. The molecular formula is C12H14ClN3O3S. The van der Waals surface area contributed by atoms with Gasteiger partial charge in [0, 0.05) is 6.04 Å². The zero-order valence-corrected chi connectivity index (χ0v) is 12.5. The van der Waals surface area contributed by atoms with E-state index in [9.17, 15) is 13.2 Å². The number of nitrogens with one attached hydrogen (secondary N) is 2. The molecule has 0 saturated heterocycles. The van der Waals surface area contributed by atoms with Crippen molar-refractivity contribution < 1.29 is 13.2 Å². The SMILES string of the molecule is CC(C)NC(=O)CNS(=O)(=O)c1ccc(C#N)cc1Cl. The predicted molar refractivity (Wildman–Crippen MR) is 74.6 cm³/mol. The highest BCUT2D eigenvalue weighted by Gasteiger charge is 2.19. The number of rotatable bonds is 5. The number of carbonyl (C=O) groups is 1. The van der Waals surface area contributed by atoms with Crippen molar-refractivity contribution in [3.63, 3.8) is 0 Å². The first-order valence-corrected chi connectivity index (χ1v) is 7.61. The van der Waals surface area contributed by atoms with E-state index in [-0.39, 0.29) is 28.1 Å².